The van der Waals surface area contributed by atoms with E-state index in [4.69, 9.17) is 23.9 Å². The van der Waals surface area contributed by atoms with Crippen molar-refractivity contribution >= 4 is 22.6 Å². The number of ether oxygens (including phenoxy) is 3. The van der Waals surface area contributed by atoms with Gasteiger partial charge in [0, 0.05) is 36.8 Å². The van der Waals surface area contributed by atoms with Gasteiger partial charge in [0.2, 0.25) is 5.90 Å². The minimum atomic E-state index is 0.376. The fourth-order valence-electron chi connectivity index (χ4n) is 4.98. The van der Waals surface area contributed by atoms with Crippen molar-refractivity contribution in [3.63, 3.8) is 0 Å². The number of methoxy groups -OCH3 is 2. The van der Waals surface area contributed by atoms with Crippen LogP contribution in [-0.2, 0) is 11.2 Å². The molecule has 0 saturated carbocycles. The van der Waals surface area contributed by atoms with Crippen LogP contribution >= 0.6 is 0 Å². The Hall–Kier alpha value is -4.45. The van der Waals surface area contributed by atoms with Crippen LogP contribution in [0.25, 0.3) is 22.4 Å². The van der Waals surface area contributed by atoms with Gasteiger partial charge in [0.15, 0.2) is 5.76 Å². The highest BCUT2D eigenvalue weighted by Gasteiger charge is 2.24. The third-order valence-corrected chi connectivity index (χ3v) is 6.94. The van der Waals surface area contributed by atoms with E-state index < -0.39 is 0 Å². The average molecular weight is 498 g/mol. The third kappa shape index (κ3) is 4.47. The monoisotopic (exact) mass is 497 g/mol. The van der Waals surface area contributed by atoms with Crippen LogP contribution in [0.5, 0.6) is 11.5 Å². The molecule has 9 nitrogen and oxygen atoms in total. The van der Waals surface area contributed by atoms with E-state index in [1.54, 1.807) is 18.9 Å². The van der Waals surface area contributed by atoms with E-state index in [1.165, 1.54) is 0 Å². The number of anilines is 1. The van der Waals surface area contributed by atoms with Gasteiger partial charge >= 0.3 is 0 Å². The summed E-state index contributed by atoms with van der Waals surface area (Å²) in [5.41, 5.74) is 3.21. The van der Waals surface area contributed by atoms with Crippen LogP contribution in [0.2, 0.25) is 0 Å². The number of rotatable bonds is 6. The zero-order chi connectivity index (χ0) is 25.4. The minimum Gasteiger partial charge on any atom is -0.496 e. The van der Waals surface area contributed by atoms with E-state index in [-0.39, 0.29) is 0 Å². The maximum atomic E-state index is 9.07. The van der Waals surface area contributed by atoms with Crippen molar-refractivity contribution in [3.8, 4) is 29.0 Å². The Kier molecular flexibility index (Phi) is 5.93. The van der Waals surface area contributed by atoms with Crippen molar-refractivity contribution in [3.05, 3.63) is 60.0 Å². The summed E-state index contributed by atoms with van der Waals surface area (Å²) in [4.78, 5) is 7.04. The zero-order valence-corrected chi connectivity index (χ0v) is 20.8. The number of fused-ring (bicyclic) bond motifs is 2. The van der Waals surface area contributed by atoms with Gasteiger partial charge in [-0.1, -0.05) is 0 Å². The molecule has 6 rings (SSSR count). The zero-order valence-electron chi connectivity index (χ0n) is 20.8. The van der Waals surface area contributed by atoms with Gasteiger partial charge in [0.05, 0.1) is 50.5 Å². The van der Waals surface area contributed by atoms with Crippen molar-refractivity contribution in [2.75, 3.05) is 38.8 Å². The predicted molar refractivity (Wildman–Crippen MR) is 139 cm³/mol. The molecule has 4 aromatic rings. The van der Waals surface area contributed by atoms with Crippen LogP contribution in [0, 0.1) is 17.2 Å². The number of furan rings is 1. The van der Waals surface area contributed by atoms with Crippen LogP contribution < -0.4 is 14.4 Å². The highest BCUT2D eigenvalue weighted by Crippen LogP contribution is 2.37. The largest absolute Gasteiger partial charge is 0.496 e. The Morgan fingerprint density at radius 3 is 2.76 bits per heavy atom. The van der Waals surface area contributed by atoms with Gasteiger partial charge in [0.1, 0.15) is 28.6 Å². The number of nitrogens with zero attached hydrogens (tertiary/aromatic N) is 5. The van der Waals surface area contributed by atoms with E-state index >= 15 is 0 Å². The minimum absolute atomic E-state index is 0.376. The topological polar surface area (TPSA) is 98.0 Å². The second-order valence-electron chi connectivity index (χ2n) is 9.33. The van der Waals surface area contributed by atoms with Gasteiger partial charge in [-0.3, -0.25) is 0 Å². The summed E-state index contributed by atoms with van der Waals surface area (Å²) < 4.78 is 25.0. The van der Waals surface area contributed by atoms with Crippen LogP contribution in [0.15, 0.2) is 58.2 Å². The third-order valence-electron chi connectivity index (χ3n) is 6.94. The molecular weight excluding hydrogens is 470 g/mol. The molecular formula is C28H27N5O4. The lowest BCUT2D eigenvalue weighted by Gasteiger charge is -2.34. The van der Waals surface area contributed by atoms with Gasteiger partial charge in [-0.2, -0.15) is 5.26 Å². The molecule has 4 heterocycles. The number of benzene rings is 2. The fourth-order valence-corrected chi connectivity index (χ4v) is 4.98. The van der Waals surface area contributed by atoms with Gasteiger partial charge in [0.25, 0.3) is 0 Å². The number of hydrogen-bond donors (Lipinski definition) is 0. The van der Waals surface area contributed by atoms with Crippen LogP contribution in [-0.4, -0.2) is 49.5 Å². The molecule has 37 heavy (non-hydrogen) atoms. The van der Waals surface area contributed by atoms with Crippen LogP contribution in [0.3, 0.4) is 0 Å². The molecule has 1 fully saturated rings. The lowest BCUT2D eigenvalue weighted by atomic mass is 9.98. The molecule has 0 aliphatic carbocycles. The second-order valence-corrected chi connectivity index (χ2v) is 9.33. The molecule has 1 saturated heterocycles. The molecule has 2 aliphatic heterocycles. The van der Waals surface area contributed by atoms with Gasteiger partial charge in [-0.25, -0.2) is 9.66 Å². The van der Waals surface area contributed by atoms with Gasteiger partial charge in [-0.05, 0) is 43.2 Å². The van der Waals surface area contributed by atoms with Crippen molar-refractivity contribution < 1.29 is 18.6 Å². The van der Waals surface area contributed by atoms with Gasteiger partial charge < -0.3 is 23.5 Å². The van der Waals surface area contributed by atoms with Crippen LogP contribution in [0.1, 0.15) is 24.2 Å². The van der Waals surface area contributed by atoms with E-state index in [0.717, 1.165) is 48.6 Å². The SMILES string of the molecule is COC1=Nn2cc(-c3cc4c(OC[C@H]5CCCN(c6ccc(C#N)cc6)C5)cc(OC)cc4o3)nc2C1. The summed E-state index contributed by atoms with van der Waals surface area (Å²) in [5.74, 6) is 3.87. The summed E-state index contributed by atoms with van der Waals surface area (Å²) in [6, 6.07) is 15.7. The fraction of sp³-hybridized carbons (Fsp3) is 0.321. The molecule has 1 atom stereocenters. The predicted octanol–water partition coefficient (Wildman–Crippen LogP) is 4.84. The summed E-state index contributed by atoms with van der Waals surface area (Å²) in [7, 11) is 3.24. The molecule has 0 amide bonds. The standard InChI is InChI=1S/C28H27N5O4/c1-34-21-10-24(36-17-19-4-3-9-32(15-19)20-7-5-18(14-29)6-8-20)22-12-26(37-25(22)11-21)23-16-33-27(30-23)13-28(31-33)35-2/h5-8,10-12,16,19H,3-4,9,13,15,17H2,1-2H3/t19-/m0/s1. The Morgan fingerprint density at radius 2 is 2.00 bits per heavy atom. The van der Waals surface area contributed by atoms with Crippen molar-refractivity contribution in [2.45, 2.75) is 19.3 Å². The first-order valence-corrected chi connectivity index (χ1v) is 12.3. The first-order chi connectivity index (χ1) is 18.1. The van der Waals surface area contributed by atoms with Crippen molar-refractivity contribution in [1.82, 2.24) is 9.66 Å². The Bertz CT molecular complexity index is 1510. The maximum Gasteiger partial charge on any atom is 0.214 e. The average Bonchev–Trinajstić information content (AvgIpc) is 3.65. The molecule has 188 valence electrons. The molecule has 2 aliphatic rings. The van der Waals surface area contributed by atoms with E-state index in [2.05, 4.69) is 21.1 Å². The molecule has 0 bridgehead atoms. The number of imidazole rings is 1. The lowest BCUT2D eigenvalue weighted by molar-refractivity contribution is 0.230. The molecule has 2 aromatic heterocycles. The Labute approximate surface area is 214 Å². The van der Waals surface area contributed by atoms with E-state index in [9.17, 15) is 0 Å². The summed E-state index contributed by atoms with van der Waals surface area (Å²) >= 11 is 0. The second kappa shape index (κ2) is 9.54. The molecule has 2 aromatic carbocycles. The normalized spacial score (nSPS) is 16.8. The van der Waals surface area contributed by atoms with E-state index in [1.807, 2.05) is 48.7 Å². The molecule has 0 radical (unpaired) electrons. The quantitative estimate of drug-likeness (QED) is 0.376. The first kappa shape index (κ1) is 23.0. The van der Waals surface area contributed by atoms with E-state index in [0.29, 0.717) is 53.2 Å². The highest BCUT2D eigenvalue weighted by molar-refractivity contribution is 5.89. The van der Waals surface area contributed by atoms with Crippen molar-refractivity contribution in [2.24, 2.45) is 11.0 Å². The molecule has 0 unspecified atom stereocenters. The summed E-state index contributed by atoms with van der Waals surface area (Å²) in [6.45, 7) is 2.49. The molecule has 0 N–H and O–H groups in total. The number of hydrogen-bond acceptors (Lipinski definition) is 8. The van der Waals surface area contributed by atoms with Crippen LogP contribution in [0.4, 0.5) is 5.69 Å². The molecule has 9 heteroatoms. The Morgan fingerprint density at radius 1 is 1.14 bits per heavy atom. The number of nitriles is 1. The summed E-state index contributed by atoms with van der Waals surface area (Å²) in [5, 5.41) is 14.3. The van der Waals surface area contributed by atoms with Gasteiger partial charge in [-0.15, -0.1) is 5.10 Å². The molecule has 0 spiro atoms. The smallest absolute Gasteiger partial charge is 0.214 e. The Balaban J connectivity index is 1.21. The first-order valence-electron chi connectivity index (χ1n) is 12.3. The number of piperidine rings is 1. The highest BCUT2D eigenvalue weighted by atomic mass is 16.5. The number of aromatic nitrogens is 2. The lowest BCUT2D eigenvalue weighted by Crippen LogP contribution is -2.37. The maximum absolute atomic E-state index is 9.07. The summed E-state index contributed by atoms with van der Waals surface area (Å²) in [6.07, 6.45) is 4.59. The van der Waals surface area contributed by atoms with Crippen molar-refractivity contribution in [1.29, 1.82) is 5.26 Å².